The molecule has 1 aliphatic rings. The first-order valence-electron chi connectivity index (χ1n) is 9.82. The third-order valence-electron chi connectivity index (χ3n) is 5.12. The molecule has 0 aliphatic carbocycles. The SMILES string of the molecule is CC(C)C[C@H](NC(=O)[C@H](Cc1ccccc1)N1Cc2ccccc2C1=O)C(=O)O. The lowest BCUT2D eigenvalue weighted by Gasteiger charge is -2.28. The van der Waals surface area contributed by atoms with E-state index in [1.807, 2.05) is 56.3 Å². The van der Waals surface area contributed by atoms with E-state index in [2.05, 4.69) is 5.32 Å². The molecule has 0 saturated carbocycles. The Labute approximate surface area is 170 Å². The topological polar surface area (TPSA) is 86.7 Å². The monoisotopic (exact) mass is 394 g/mol. The lowest BCUT2D eigenvalue weighted by Crippen LogP contribution is -2.53. The minimum Gasteiger partial charge on any atom is -0.480 e. The van der Waals surface area contributed by atoms with Gasteiger partial charge in [-0.2, -0.15) is 0 Å². The Hall–Kier alpha value is -3.15. The van der Waals surface area contributed by atoms with Crippen molar-refractivity contribution in [1.29, 1.82) is 0 Å². The molecule has 0 aromatic heterocycles. The molecule has 3 rings (SSSR count). The smallest absolute Gasteiger partial charge is 0.326 e. The lowest BCUT2D eigenvalue weighted by molar-refractivity contribution is -0.143. The molecule has 0 spiro atoms. The second-order valence-electron chi connectivity index (χ2n) is 7.82. The van der Waals surface area contributed by atoms with Crippen LogP contribution in [0.1, 0.15) is 41.8 Å². The maximum atomic E-state index is 13.2. The van der Waals surface area contributed by atoms with Crippen LogP contribution in [0.15, 0.2) is 54.6 Å². The van der Waals surface area contributed by atoms with E-state index in [1.54, 1.807) is 17.0 Å². The fourth-order valence-corrected chi connectivity index (χ4v) is 3.67. The molecule has 6 nitrogen and oxygen atoms in total. The van der Waals surface area contributed by atoms with E-state index in [-0.39, 0.29) is 11.8 Å². The van der Waals surface area contributed by atoms with Gasteiger partial charge in [0.05, 0.1) is 0 Å². The highest BCUT2D eigenvalue weighted by Gasteiger charge is 2.37. The van der Waals surface area contributed by atoms with Crippen LogP contribution >= 0.6 is 0 Å². The van der Waals surface area contributed by atoms with Crippen LogP contribution in [0.3, 0.4) is 0 Å². The number of amides is 2. The van der Waals surface area contributed by atoms with Gasteiger partial charge in [-0.3, -0.25) is 9.59 Å². The Balaban J connectivity index is 1.86. The van der Waals surface area contributed by atoms with Crippen molar-refractivity contribution < 1.29 is 19.5 Å². The summed E-state index contributed by atoms with van der Waals surface area (Å²) in [6, 6.07) is 15.0. The van der Waals surface area contributed by atoms with E-state index < -0.39 is 24.0 Å². The van der Waals surface area contributed by atoms with E-state index in [0.717, 1.165) is 11.1 Å². The standard InChI is InChI=1S/C23H26N2O4/c1-15(2)12-19(23(28)29)24-21(26)20(13-16-8-4-3-5-9-16)25-14-17-10-6-7-11-18(17)22(25)27/h3-11,15,19-20H,12-14H2,1-2H3,(H,24,26)(H,28,29)/t19-,20-/m0/s1. The third-order valence-corrected chi connectivity index (χ3v) is 5.12. The van der Waals surface area contributed by atoms with Crippen LogP contribution in [0, 0.1) is 5.92 Å². The number of carbonyl (C=O) groups is 3. The summed E-state index contributed by atoms with van der Waals surface area (Å²) in [5.41, 5.74) is 2.38. The first-order chi connectivity index (χ1) is 13.9. The molecule has 0 saturated heterocycles. The Bertz CT molecular complexity index is 895. The van der Waals surface area contributed by atoms with Crippen molar-refractivity contribution >= 4 is 17.8 Å². The second kappa shape index (κ2) is 8.90. The predicted molar refractivity (Wildman–Crippen MR) is 109 cm³/mol. The number of rotatable bonds is 8. The van der Waals surface area contributed by atoms with Crippen LogP contribution in [0.25, 0.3) is 0 Å². The first-order valence-corrected chi connectivity index (χ1v) is 9.82. The molecule has 0 unspecified atom stereocenters. The van der Waals surface area contributed by atoms with Crippen molar-refractivity contribution in [3.05, 3.63) is 71.3 Å². The van der Waals surface area contributed by atoms with E-state index in [4.69, 9.17) is 0 Å². The van der Waals surface area contributed by atoms with Gasteiger partial charge < -0.3 is 15.3 Å². The number of fused-ring (bicyclic) bond motifs is 1. The average molecular weight is 394 g/mol. The zero-order valence-corrected chi connectivity index (χ0v) is 16.7. The molecule has 1 aliphatic heterocycles. The fraction of sp³-hybridized carbons (Fsp3) is 0.348. The molecular formula is C23H26N2O4. The molecule has 2 amide bonds. The maximum Gasteiger partial charge on any atom is 0.326 e. The molecular weight excluding hydrogens is 368 g/mol. The Morgan fingerprint density at radius 1 is 1.07 bits per heavy atom. The van der Waals surface area contributed by atoms with Crippen LogP contribution < -0.4 is 5.32 Å². The van der Waals surface area contributed by atoms with Crippen LogP contribution in [0.4, 0.5) is 0 Å². The number of benzene rings is 2. The van der Waals surface area contributed by atoms with E-state index in [9.17, 15) is 19.5 Å². The molecule has 29 heavy (non-hydrogen) atoms. The van der Waals surface area contributed by atoms with Gasteiger partial charge in [-0.25, -0.2) is 4.79 Å². The number of carboxylic acid groups (broad SMARTS) is 1. The number of carbonyl (C=O) groups excluding carboxylic acids is 2. The zero-order valence-electron chi connectivity index (χ0n) is 16.7. The minimum atomic E-state index is -1.07. The number of nitrogens with one attached hydrogen (secondary N) is 1. The van der Waals surface area contributed by atoms with Crippen molar-refractivity contribution in [3.8, 4) is 0 Å². The summed E-state index contributed by atoms with van der Waals surface area (Å²) in [6.45, 7) is 4.15. The van der Waals surface area contributed by atoms with Crippen molar-refractivity contribution in [2.24, 2.45) is 5.92 Å². The van der Waals surface area contributed by atoms with Crippen LogP contribution in [0.2, 0.25) is 0 Å². The van der Waals surface area contributed by atoms with Crippen LogP contribution in [-0.2, 0) is 22.6 Å². The summed E-state index contributed by atoms with van der Waals surface area (Å²) in [7, 11) is 0. The highest BCUT2D eigenvalue weighted by Crippen LogP contribution is 2.26. The maximum absolute atomic E-state index is 13.2. The van der Waals surface area contributed by atoms with Crippen molar-refractivity contribution in [2.45, 2.75) is 45.3 Å². The predicted octanol–water partition coefficient (Wildman–Crippen LogP) is 2.87. The number of hydrogen-bond acceptors (Lipinski definition) is 3. The van der Waals surface area contributed by atoms with E-state index >= 15 is 0 Å². The summed E-state index contributed by atoms with van der Waals surface area (Å²) < 4.78 is 0. The van der Waals surface area contributed by atoms with Gasteiger partial charge in [0.1, 0.15) is 12.1 Å². The van der Waals surface area contributed by atoms with E-state index in [0.29, 0.717) is 24.9 Å². The van der Waals surface area contributed by atoms with Crippen molar-refractivity contribution in [3.63, 3.8) is 0 Å². The first kappa shape index (κ1) is 20.6. The third kappa shape index (κ3) is 4.83. The number of aliphatic carboxylic acids is 1. The van der Waals surface area contributed by atoms with Crippen LogP contribution in [-0.4, -0.2) is 39.9 Å². The van der Waals surface area contributed by atoms with Gasteiger partial charge in [-0.05, 0) is 29.5 Å². The molecule has 2 N–H and O–H groups in total. The van der Waals surface area contributed by atoms with Gasteiger partial charge >= 0.3 is 5.97 Å². The molecule has 2 atom stereocenters. The quantitative estimate of drug-likeness (QED) is 0.721. The lowest BCUT2D eigenvalue weighted by atomic mass is 10.0. The van der Waals surface area contributed by atoms with Gasteiger partial charge in [0.25, 0.3) is 5.91 Å². The summed E-state index contributed by atoms with van der Waals surface area (Å²) >= 11 is 0. The largest absolute Gasteiger partial charge is 0.480 e. The summed E-state index contributed by atoms with van der Waals surface area (Å²) in [5.74, 6) is -1.60. The van der Waals surface area contributed by atoms with Crippen molar-refractivity contribution in [1.82, 2.24) is 10.2 Å². The highest BCUT2D eigenvalue weighted by molar-refractivity contribution is 6.01. The van der Waals surface area contributed by atoms with E-state index in [1.165, 1.54) is 0 Å². The number of carboxylic acids is 1. The van der Waals surface area contributed by atoms with Gasteiger partial charge in [-0.15, -0.1) is 0 Å². The van der Waals surface area contributed by atoms with Gasteiger partial charge in [0.15, 0.2) is 0 Å². The second-order valence-corrected chi connectivity index (χ2v) is 7.82. The molecule has 6 heteroatoms. The molecule has 2 aromatic carbocycles. The normalized spacial score (nSPS) is 15.1. The Kier molecular flexibility index (Phi) is 6.32. The average Bonchev–Trinajstić information content (AvgIpc) is 3.02. The Morgan fingerprint density at radius 2 is 1.72 bits per heavy atom. The molecule has 0 bridgehead atoms. The van der Waals surface area contributed by atoms with Crippen LogP contribution in [0.5, 0.6) is 0 Å². The summed E-state index contributed by atoms with van der Waals surface area (Å²) in [6.07, 6.45) is 0.647. The molecule has 1 heterocycles. The van der Waals surface area contributed by atoms with Gasteiger partial charge in [-0.1, -0.05) is 62.4 Å². The zero-order chi connectivity index (χ0) is 21.0. The minimum absolute atomic E-state index is 0.113. The molecule has 0 radical (unpaired) electrons. The number of hydrogen-bond donors (Lipinski definition) is 2. The summed E-state index contributed by atoms with van der Waals surface area (Å²) in [4.78, 5) is 39.3. The van der Waals surface area contributed by atoms with Gasteiger partial charge in [0, 0.05) is 18.5 Å². The van der Waals surface area contributed by atoms with Crippen molar-refractivity contribution in [2.75, 3.05) is 0 Å². The molecule has 0 fully saturated rings. The van der Waals surface area contributed by atoms with Gasteiger partial charge in [0.2, 0.25) is 5.91 Å². The molecule has 152 valence electrons. The fourth-order valence-electron chi connectivity index (χ4n) is 3.67. The summed E-state index contributed by atoms with van der Waals surface area (Å²) in [5, 5.41) is 12.2. The number of nitrogens with zero attached hydrogens (tertiary/aromatic N) is 1. The molecule has 2 aromatic rings. The highest BCUT2D eigenvalue weighted by atomic mass is 16.4. The Morgan fingerprint density at radius 3 is 2.34 bits per heavy atom.